The van der Waals surface area contributed by atoms with Crippen molar-refractivity contribution in [3.05, 3.63) is 79.0 Å². The molecular formula is C24H20N6O. The van der Waals surface area contributed by atoms with Crippen molar-refractivity contribution in [3.8, 4) is 11.1 Å². The van der Waals surface area contributed by atoms with Gasteiger partial charge < -0.3 is 15.2 Å². The molecule has 0 radical (unpaired) electrons. The van der Waals surface area contributed by atoms with Crippen LogP contribution >= 0.6 is 0 Å². The van der Waals surface area contributed by atoms with Gasteiger partial charge in [-0.05, 0) is 41.3 Å². The molecule has 5 aromatic rings. The minimum absolute atomic E-state index is 0.181. The van der Waals surface area contributed by atoms with E-state index < -0.39 is 0 Å². The average Bonchev–Trinajstić information content (AvgIpc) is 3.18. The number of aromatic nitrogens is 4. The Kier molecular flexibility index (Phi) is 4.55. The number of benzene rings is 2. The summed E-state index contributed by atoms with van der Waals surface area (Å²) in [5, 5.41) is 7.18. The number of pyridine rings is 1. The van der Waals surface area contributed by atoms with E-state index in [0.29, 0.717) is 11.3 Å². The molecule has 152 valence electrons. The molecule has 0 atom stereocenters. The van der Waals surface area contributed by atoms with Gasteiger partial charge in [-0.2, -0.15) is 0 Å². The van der Waals surface area contributed by atoms with Crippen LogP contribution in [0.15, 0.2) is 73.4 Å². The molecule has 2 N–H and O–H groups in total. The molecule has 31 heavy (non-hydrogen) atoms. The van der Waals surface area contributed by atoms with Gasteiger partial charge in [0.25, 0.3) is 5.91 Å². The molecular weight excluding hydrogens is 388 g/mol. The van der Waals surface area contributed by atoms with E-state index in [9.17, 15) is 4.79 Å². The van der Waals surface area contributed by atoms with Crippen molar-refractivity contribution in [2.45, 2.75) is 0 Å². The number of hydrogen-bond donors (Lipinski definition) is 2. The van der Waals surface area contributed by atoms with Crippen LogP contribution in [0, 0.1) is 0 Å². The SMILES string of the molecule is CNC(=O)c1ccncc1Nc1cc(-c2ccc3ccn(C)c3c2)c2nccnc2c1. The second-order valence-corrected chi connectivity index (χ2v) is 7.27. The maximum absolute atomic E-state index is 12.3. The van der Waals surface area contributed by atoms with Gasteiger partial charge in [0, 0.05) is 55.7 Å². The molecule has 0 fully saturated rings. The highest BCUT2D eigenvalue weighted by Gasteiger charge is 2.13. The predicted octanol–water partition coefficient (Wildman–Crippen LogP) is 4.29. The molecule has 0 aliphatic heterocycles. The molecule has 7 heteroatoms. The van der Waals surface area contributed by atoms with Crippen molar-refractivity contribution in [2.24, 2.45) is 7.05 Å². The third kappa shape index (κ3) is 3.36. The summed E-state index contributed by atoms with van der Waals surface area (Å²) in [7, 11) is 3.64. The van der Waals surface area contributed by atoms with Crippen LogP contribution in [0.4, 0.5) is 11.4 Å². The van der Waals surface area contributed by atoms with Gasteiger partial charge in [0.1, 0.15) is 0 Å². The fraction of sp³-hybridized carbons (Fsp3) is 0.0833. The topological polar surface area (TPSA) is 84.7 Å². The van der Waals surface area contributed by atoms with Crippen LogP contribution in [0.1, 0.15) is 10.4 Å². The minimum Gasteiger partial charge on any atom is -0.355 e. The van der Waals surface area contributed by atoms with E-state index in [1.165, 1.54) is 5.39 Å². The summed E-state index contributed by atoms with van der Waals surface area (Å²) in [5.41, 5.74) is 6.66. The van der Waals surface area contributed by atoms with Crippen LogP contribution in [0.3, 0.4) is 0 Å². The Balaban J connectivity index is 1.66. The van der Waals surface area contributed by atoms with Gasteiger partial charge in [-0.1, -0.05) is 12.1 Å². The highest BCUT2D eigenvalue weighted by atomic mass is 16.1. The molecule has 2 aromatic carbocycles. The number of carbonyl (C=O) groups is 1. The van der Waals surface area contributed by atoms with Crippen molar-refractivity contribution >= 4 is 39.2 Å². The van der Waals surface area contributed by atoms with E-state index in [2.05, 4.69) is 54.4 Å². The van der Waals surface area contributed by atoms with E-state index in [4.69, 9.17) is 0 Å². The number of nitrogens with one attached hydrogen (secondary N) is 2. The largest absolute Gasteiger partial charge is 0.355 e. The third-order valence-electron chi connectivity index (χ3n) is 5.34. The van der Waals surface area contributed by atoms with E-state index in [0.717, 1.165) is 33.4 Å². The molecule has 0 saturated heterocycles. The molecule has 0 aliphatic rings. The highest BCUT2D eigenvalue weighted by molar-refractivity contribution is 6.01. The lowest BCUT2D eigenvalue weighted by molar-refractivity contribution is 0.0964. The summed E-state index contributed by atoms with van der Waals surface area (Å²) in [5.74, 6) is -0.181. The summed E-state index contributed by atoms with van der Waals surface area (Å²) < 4.78 is 2.10. The second-order valence-electron chi connectivity index (χ2n) is 7.27. The number of rotatable bonds is 4. The van der Waals surface area contributed by atoms with Gasteiger partial charge >= 0.3 is 0 Å². The molecule has 3 aromatic heterocycles. The molecule has 5 rings (SSSR count). The number of amides is 1. The monoisotopic (exact) mass is 408 g/mol. The van der Waals surface area contributed by atoms with Crippen LogP contribution in [0.5, 0.6) is 0 Å². The molecule has 0 bridgehead atoms. The zero-order valence-corrected chi connectivity index (χ0v) is 17.1. The van der Waals surface area contributed by atoms with E-state index >= 15 is 0 Å². The molecule has 0 unspecified atom stereocenters. The maximum atomic E-state index is 12.3. The molecule has 0 spiro atoms. The predicted molar refractivity (Wildman–Crippen MR) is 122 cm³/mol. The Bertz CT molecular complexity index is 1440. The first-order valence-corrected chi connectivity index (χ1v) is 9.87. The van der Waals surface area contributed by atoms with E-state index in [-0.39, 0.29) is 5.91 Å². The number of anilines is 2. The summed E-state index contributed by atoms with van der Waals surface area (Å²) >= 11 is 0. The van der Waals surface area contributed by atoms with Crippen molar-refractivity contribution in [3.63, 3.8) is 0 Å². The fourth-order valence-corrected chi connectivity index (χ4v) is 3.78. The summed E-state index contributed by atoms with van der Waals surface area (Å²) in [6, 6.07) is 14.1. The second kappa shape index (κ2) is 7.53. The lowest BCUT2D eigenvalue weighted by Gasteiger charge is -2.14. The van der Waals surface area contributed by atoms with Crippen LogP contribution in [-0.4, -0.2) is 32.5 Å². The molecule has 3 heterocycles. The standard InChI is InChI=1S/C24H20N6O/c1-25-24(31)18-5-7-26-14-21(18)29-17-12-19(23-20(13-17)27-8-9-28-23)16-4-3-15-6-10-30(2)22(15)11-16/h3-14,29H,1-2H3,(H,25,31). The van der Waals surface area contributed by atoms with Crippen LogP contribution in [0.2, 0.25) is 0 Å². The first-order chi connectivity index (χ1) is 15.1. The lowest BCUT2D eigenvalue weighted by Crippen LogP contribution is -2.19. The average molecular weight is 408 g/mol. The first kappa shape index (κ1) is 18.7. The smallest absolute Gasteiger partial charge is 0.253 e. The third-order valence-corrected chi connectivity index (χ3v) is 5.34. The van der Waals surface area contributed by atoms with Gasteiger partial charge in [0.05, 0.1) is 28.5 Å². The quantitative estimate of drug-likeness (QED) is 0.463. The number of fused-ring (bicyclic) bond motifs is 2. The summed E-state index contributed by atoms with van der Waals surface area (Å²) in [6.07, 6.45) is 8.66. The zero-order chi connectivity index (χ0) is 21.4. The Hall–Kier alpha value is -4.26. The van der Waals surface area contributed by atoms with Crippen LogP contribution in [0.25, 0.3) is 33.1 Å². The van der Waals surface area contributed by atoms with Gasteiger partial charge in [-0.25, -0.2) is 0 Å². The molecule has 1 amide bonds. The highest BCUT2D eigenvalue weighted by Crippen LogP contribution is 2.33. The molecule has 0 aliphatic carbocycles. The van der Waals surface area contributed by atoms with E-state index in [1.807, 2.05) is 25.4 Å². The van der Waals surface area contributed by atoms with Gasteiger partial charge in [0.15, 0.2) is 0 Å². The Morgan fingerprint density at radius 3 is 2.74 bits per heavy atom. The first-order valence-electron chi connectivity index (χ1n) is 9.87. The minimum atomic E-state index is -0.181. The van der Waals surface area contributed by atoms with Gasteiger partial charge in [-0.15, -0.1) is 0 Å². The fourth-order valence-electron chi connectivity index (χ4n) is 3.78. The van der Waals surface area contributed by atoms with Crippen molar-refractivity contribution in [2.75, 3.05) is 12.4 Å². The Labute approximate surface area is 178 Å². The van der Waals surface area contributed by atoms with Crippen molar-refractivity contribution in [1.82, 2.24) is 24.8 Å². The van der Waals surface area contributed by atoms with Crippen molar-refractivity contribution < 1.29 is 4.79 Å². The molecule has 7 nitrogen and oxygen atoms in total. The van der Waals surface area contributed by atoms with E-state index in [1.54, 1.807) is 37.9 Å². The summed E-state index contributed by atoms with van der Waals surface area (Å²) in [6.45, 7) is 0. The number of nitrogens with zero attached hydrogens (tertiary/aromatic N) is 4. The van der Waals surface area contributed by atoms with Gasteiger partial charge in [-0.3, -0.25) is 19.7 Å². The maximum Gasteiger partial charge on any atom is 0.253 e. The number of aryl methyl sites for hydroxylation is 1. The Morgan fingerprint density at radius 1 is 1.00 bits per heavy atom. The van der Waals surface area contributed by atoms with Crippen LogP contribution < -0.4 is 10.6 Å². The molecule has 0 saturated carbocycles. The number of hydrogen-bond acceptors (Lipinski definition) is 5. The van der Waals surface area contributed by atoms with Gasteiger partial charge in [0.2, 0.25) is 0 Å². The van der Waals surface area contributed by atoms with Crippen LogP contribution in [-0.2, 0) is 7.05 Å². The normalized spacial score (nSPS) is 11.0. The Morgan fingerprint density at radius 2 is 1.87 bits per heavy atom. The van der Waals surface area contributed by atoms with Crippen molar-refractivity contribution in [1.29, 1.82) is 0 Å². The summed E-state index contributed by atoms with van der Waals surface area (Å²) in [4.78, 5) is 25.5. The number of carbonyl (C=O) groups excluding carboxylic acids is 1. The lowest BCUT2D eigenvalue weighted by atomic mass is 10.0. The zero-order valence-electron chi connectivity index (χ0n) is 17.1.